The normalized spacial score (nSPS) is 31.4. The van der Waals surface area contributed by atoms with Gasteiger partial charge in [-0.15, -0.1) is 30.3 Å². The van der Waals surface area contributed by atoms with Crippen molar-refractivity contribution in [3.63, 3.8) is 0 Å². The number of halogens is 5. The van der Waals surface area contributed by atoms with E-state index in [2.05, 4.69) is 9.03 Å². The maximum Gasteiger partial charge on any atom is 0.424 e. The average Bonchev–Trinajstić information content (AvgIpc) is 1.93. The van der Waals surface area contributed by atoms with Crippen LogP contribution in [0.5, 0.6) is 0 Å². The van der Waals surface area contributed by atoms with E-state index in [9.17, 15) is 21.0 Å². The van der Waals surface area contributed by atoms with Crippen molar-refractivity contribution in [1.29, 1.82) is 0 Å². The van der Waals surface area contributed by atoms with Crippen LogP contribution in [0.3, 0.4) is 0 Å². The fraction of sp³-hybridized carbons (Fsp3) is 1.00. The van der Waals surface area contributed by atoms with E-state index in [1.165, 1.54) is 7.05 Å². The SMILES string of the molecule is CN([Si](C)(C)C)P1(F)=NP(F)(F)=NP(F)(F)=N1. The summed E-state index contributed by atoms with van der Waals surface area (Å²) in [6.45, 7) is 4.91. The first kappa shape index (κ1) is 15.6. The smallest absolute Gasteiger partial charge is 0.251 e. The van der Waals surface area contributed by atoms with Crippen molar-refractivity contribution in [3.8, 4) is 0 Å². The number of hydrogen-bond donors (Lipinski definition) is 0. The van der Waals surface area contributed by atoms with Gasteiger partial charge in [-0.25, -0.2) is 0 Å². The zero-order valence-electron chi connectivity index (χ0n) is 9.52. The van der Waals surface area contributed by atoms with Gasteiger partial charge in [0.25, 0.3) is 0 Å². The Hall–Kier alpha value is 0.517. The van der Waals surface area contributed by atoms with Gasteiger partial charge in [0.2, 0.25) is 0 Å². The van der Waals surface area contributed by atoms with E-state index in [-0.39, 0.29) is 0 Å². The van der Waals surface area contributed by atoms with Crippen molar-refractivity contribution < 1.29 is 21.0 Å². The summed E-state index contributed by atoms with van der Waals surface area (Å²) < 4.78 is 74.3. The van der Waals surface area contributed by atoms with Gasteiger partial charge < -0.3 is 0 Å². The molecule has 0 aliphatic carbocycles. The molecule has 0 fully saturated rings. The van der Waals surface area contributed by atoms with E-state index in [1.807, 2.05) is 4.52 Å². The molecular formula is C4H12F5N4P3Si. The summed E-state index contributed by atoms with van der Waals surface area (Å²) in [5.74, 6) is 0. The van der Waals surface area contributed by atoms with E-state index < -0.39 is 31.6 Å². The summed E-state index contributed by atoms with van der Waals surface area (Å²) >= 11 is 0. The highest BCUT2D eigenvalue weighted by atomic mass is 31.3. The highest BCUT2D eigenvalue weighted by molar-refractivity contribution is 7.79. The largest absolute Gasteiger partial charge is 0.424 e. The third kappa shape index (κ3) is 3.74. The lowest BCUT2D eigenvalue weighted by Crippen LogP contribution is -2.39. The molecule has 0 radical (unpaired) electrons. The van der Waals surface area contributed by atoms with Crippen LogP contribution in [0, 0.1) is 0 Å². The predicted molar refractivity (Wildman–Crippen MR) is 64.7 cm³/mol. The molecule has 1 rings (SSSR count). The number of rotatable bonds is 2. The summed E-state index contributed by atoms with van der Waals surface area (Å²) in [7, 11) is -17.1. The maximum atomic E-state index is 14.2. The second kappa shape index (κ2) is 4.27. The van der Waals surface area contributed by atoms with Gasteiger partial charge in [0.05, 0.1) is 0 Å². The molecule has 1 aliphatic rings. The minimum Gasteiger partial charge on any atom is -0.251 e. The predicted octanol–water partition coefficient (Wildman–Crippen LogP) is 6.45. The molecule has 1 aliphatic heterocycles. The van der Waals surface area contributed by atoms with Gasteiger partial charge in [-0.2, -0.15) is 4.20 Å². The average molecular weight is 332 g/mol. The molecule has 0 saturated heterocycles. The molecule has 0 amide bonds. The number of hydrogen-bond acceptors (Lipinski definition) is 4. The Labute approximate surface area is 97.7 Å². The highest BCUT2D eigenvalue weighted by Crippen LogP contribution is 2.82. The first-order valence-corrected chi connectivity index (χ1v) is 12.4. The van der Waals surface area contributed by atoms with Gasteiger partial charge in [-0.05, 0) is 7.05 Å². The quantitative estimate of drug-likeness (QED) is 0.325. The van der Waals surface area contributed by atoms with Crippen LogP contribution in [-0.2, 0) is 0 Å². The summed E-state index contributed by atoms with van der Waals surface area (Å²) in [6.07, 6.45) is 0. The summed E-state index contributed by atoms with van der Waals surface area (Å²) in [6, 6.07) is 0. The second-order valence-electron chi connectivity index (χ2n) is 4.37. The van der Waals surface area contributed by atoms with Crippen molar-refractivity contribution in [2.75, 3.05) is 7.05 Å². The van der Waals surface area contributed by atoms with Crippen molar-refractivity contribution in [3.05, 3.63) is 0 Å². The molecule has 0 saturated carbocycles. The highest BCUT2D eigenvalue weighted by Gasteiger charge is 2.44. The molecule has 0 aromatic rings. The molecule has 1 unspecified atom stereocenters. The third-order valence-corrected chi connectivity index (χ3v) is 12.5. The zero-order valence-corrected chi connectivity index (χ0v) is 13.2. The van der Waals surface area contributed by atoms with Gasteiger partial charge in [0.15, 0.2) is 0 Å². The van der Waals surface area contributed by atoms with Crippen molar-refractivity contribution in [1.82, 2.24) is 4.34 Å². The van der Waals surface area contributed by atoms with Crippen LogP contribution in [0.2, 0.25) is 19.6 Å². The molecule has 13 heteroatoms. The topological polar surface area (TPSA) is 40.3 Å². The van der Waals surface area contributed by atoms with E-state index in [0.717, 1.165) is 4.34 Å². The van der Waals surface area contributed by atoms with Crippen LogP contribution in [-0.4, -0.2) is 19.6 Å². The number of nitrogens with zero attached hydrogens (tertiary/aromatic N) is 4. The van der Waals surface area contributed by atoms with Gasteiger partial charge in [-0.1, -0.05) is 19.6 Å². The minimum atomic E-state index is -5.59. The van der Waals surface area contributed by atoms with Gasteiger partial charge >= 0.3 is 23.3 Å². The van der Waals surface area contributed by atoms with Gasteiger partial charge in [0.1, 0.15) is 8.24 Å². The molecule has 0 aromatic heterocycles. The third-order valence-electron chi connectivity index (χ3n) is 2.01. The van der Waals surface area contributed by atoms with E-state index >= 15 is 0 Å². The zero-order chi connectivity index (χ0) is 13.7. The summed E-state index contributed by atoms with van der Waals surface area (Å²) in [4.78, 5) is 0. The summed E-state index contributed by atoms with van der Waals surface area (Å²) in [5.41, 5.74) is 0. The van der Waals surface area contributed by atoms with Crippen LogP contribution >= 0.6 is 23.3 Å². The van der Waals surface area contributed by atoms with Crippen LogP contribution in [0.25, 0.3) is 0 Å². The fourth-order valence-corrected chi connectivity index (χ4v) is 10.3. The van der Waals surface area contributed by atoms with E-state index in [0.29, 0.717) is 0 Å². The van der Waals surface area contributed by atoms with Crippen molar-refractivity contribution in [2.24, 2.45) is 13.5 Å². The Morgan fingerprint density at radius 1 is 0.824 bits per heavy atom. The lowest BCUT2D eigenvalue weighted by atomic mass is 11.6. The fourth-order valence-electron chi connectivity index (χ4n) is 0.959. The van der Waals surface area contributed by atoms with Crippen molar-refractivity contribution >= 4 is 31.6 Å². The Kier molecular flexibility index (Phi) is 3.91. The van der Waals surface area contributed by atoms with Crippen LogP contribution < -0.4 is 0 Å². The molecule has 1 atom stereocenters. The molecule has 102 valence electrons. The van der Waals surface area contributed by atoms with Crippen LogP contribution in [0.15, 0.2) is 13.5 Å². The standard InChI is InChI=1S/C4H12F5N4P3Si/c1-13(17(2,3)4)16(9)11-14(5,6)10-15(7,8)12-16/h1-4H3. The van der Waals surface area contributed by atoms with Crippen molar-refractivity contribution in [2.45, 2.75) is 19.6 Å². The lowest BCUT2D eigenvalue weighted by molar-refractivity contribution is 0.672. The van der Waals surface area contributed by atoms with E-state index in [1.54, 1.807) is 19.6 Å². The Morgan fingerprint density at radius 2 is 1.24 bits per heavy atom. The van der Waals surface area contributed by atoms with Crippen LogP contribution in [0.4, 0.5) is 21.0 Å². The molecule has 4 nitrogen and oxygen atoms in total. The molecule has 0 bridgehead atoms. The minimum absolute atomic E-state index is 0.885. The first-order valence-electron chi connectivity index (χ1n) is 4.42. The Balaban J connectivity index is 3.48. The Bertz CT molecular complexity index is 478. The van der Waals surface area contributed by atoms with E-state index in [4.69, 9.17) is 0 Å². The van der Waals surface area contributed by atoms with Gasteiger partial charge in [-0.3, -0.25) is 4.34 Å². The summed E-state index contributed by atoms with van der Waals surface area (Å²) in [5, 5.41) is 0. The van der Waals surface area contributed by atoms with Crippen LogP contribution in [0.1, 0.15) is 0 Å². The molecule has 0 N–H and O–H groups in total. The maximum absolute atomic E-state index is 14.2. The molecular weight excluding hydrogens is 320 g/mol. The van der Waals surface area contributed by atoms with Gasteiger partial charge in [0, 0.05) is 0 Å². The molecule has 0 spiro atoms. The molecule has 1 heterocycles. The first-order chi connectivity index (χ1) is 7.28. The molecule has 17 heavy (non-hydrogen) atoms. The Morgan fingerprint density at radius 3 is 1.59 bits per heavy atom. The monoisotopic (exact) mass is 332 g/mol. The second-order valence-corrected chi connectivity index (χ2v) is 15.3. The molecule has 0 aromatic carbocycles. The lowest BCUT2D eigenvalue weighted by Gasteiger charge is -2.34.